The average molecular weight is 207 g/mol. The molecule has 2 rings (SSSR count). The summed E-state index contributed by atoms with van der Waals surface area (Å²) in [5.74, 6) is 4.01. The molecule has 0 bridgehead atoms. The third kappa shape index (κ3) is 2.98. The molecule has 0 aromatic carbocycles. The molecule has 0 saturated heterocycles. The van der Waals surface area contributed by atoms with Crippen LogP contribution in [0.2, 0.25) is 0 Å². The van der Waals surface area contributed by atoms with Crippen LogP contribution in [0.15, 0.2) is 0 Å². The average Bonchev–Trinajstić information content (AvgIpc) is 2.33. The van der Waals surface area contributed by atoms with E-state index in [2.05, 4.69) is 6.92 Å². The maximum Gasteiger partial charge on any atom is -0.0182 e. The smallest absolute Gasteiger partial charge is 0.0182 e. The first-order valence-electron chi connectivity index (χ1n) is 7.27. The lowest BCUT2D eigenvalue weighted by atomic mass is 9.69. The zero-order valence-corrected chi connectivity index (χ0v) is 10.4. The Morgan fingerprint density at radius 1 is 0.733 bits per heavy atom. The maximum absolute atomic E-state index is 2.40. The van der Waals surface area contributed by atoms with Crippen molar-refractivity contribution in [3.8, 4) is 0 Å². The van der Waals surface area contributed by atoms with Gasteiger partial charge in [-0.05, 0) is 49.9 Å². The van der Waals surface area contributed by atoms with Crippen molar-refractivity contribution in [1.82, 2.24) is 0 Å². The molecule has 2 fully saturated rings. The molecular weight excluding hydrogens is 180 g/mol. The maximum atomic E-state index is 2.40. The summed E-state index contributed by atoms with van der Waals surface area (Å²) in [6.45, 7) is 2.40. The van der Waals surface area contributed by atoms with Gasteiger partial charge in [0.2, 0.25) is 0 Å². The highest BCUT2D eigenvalue weighted by atomic mass is 14.3. The third-order valence-electron chi connectivity index (χ3n) is 4.67. The lowest BCUT2D eigenvalue weighted by Gasteiger charge is -2.36. The van der Waals surface area contributed by atoms with Gasteiger partial charge in [0, 0.05) is 0 Å². The van der Waals surface area contributed by atoms with E-state index in [1.165, 1.54) is 70.6 Å². The van der Waals surface area contributed by atoms with Crippen LogP contribution in [-0.4, -0.2) is 0 Å². The standard InChI is InChI=1S/C15H27/c1-2-15(13-9-5-3-6-10-13)14-11-7-4-8-12-14/h13-14H,2-12H2,1H3. The van der Waals surface area contributed by atoms with E-state index < -0.39 is 0 Å². The minimum Gasteiger partial charge on any atom is -0.0648 e. The molecule has 0 atom stereocenters. The highest BCUT2D eigenvalue weighted by molar-refractivity contribution is 5.02. The fourth-order valence-corrected chi connectivity index (χ4v) is 3.86. The Bertz CT molecular complexity index is 143. The van der Waals surface area contributed by atoms with Crippen LogP contribution in [-0.2, 0) is 0 Å². The van der Waals surface area contributed by atoms with E-state index in [1.54, 1.807) is 0 Å². The first-order valence-corrected chi connectivity index (χ1v) is 7.27. The third-order valence-corrected chi connectivity index (χ3v) is 4.67. The molecule has 0 amide bonds. The largest absolute Gasteiger partial charge is 0.0648 e. The lowest BCUT2D eigenvalue weighted by molar-refractivity contribution is 0.267. The van der Waals surface area contributed by atoms with E-state index in [0.29, 0.717) is 0 Å². The number of hydrogen-bond donors (Lipinski definition) is 0. The van der Waals surface area contributed by atoms with Gasteiger partial charge in [-0.2, -0.15) is 0 Å². The second-order valence-electron chi connectivity index (χ2n) is 5.60. The Labute approximate surface area is 95.8 Å². The van der Waals surface area contributed by atoms with E-state index in [1.807, 2.05) is 5.92 Å². The van der Waals surface area contributed by atoms with Crippen LogP contribution in [0.25, 0.3) is 0 Å². The van der Waals surface area contributed by atoms with Crippen molar-refractivity contribution < 1.29 is 0 Å². The number of rotatable bonds is 3. The van der Waals surface area contributed by atoms with E-state index in [4.69, 9.17) is 0 Å². The van der Waals surface area contributed by atoms with Crippen LogP contribution in [0.5, 0.6) is 0 Å². The van der Waals surface area contributed by atoms with Crippen LogP contribution < -0.4 is 0 Å². The van der Waals surface area contributed by atoms with Crippen molar-refractivity contribution in [2.75, 3.05) is 0 Å². The Morgan fingerprint density at radius 2 is 1.13 bits per heavy atom. The molecule has 0 heterocycles. The van der Waals surface area contributed by atoms with Gasteiger partial charge >= 0.3 is 0 Å². The van der Waals surface area contributed by atoms with Crippen molar-refractivity contribution in [1.29, 1.82) is 0 Å². The molecule has 2 aliphatic rings. The van der Waals surface area contributed by atoms with E-state index in [9.17, 15) is 0 Å². The Kier molecular flexibility index (Phi) is 4.53. The lowest BCUT2D eigenvalue weighted by Crippen LogP contribution is -2.24. The van der Waals surface area contributed by atoms with Crippen LogP contribution in [0, 0.1) is 17.8 Å². The molecule has 0 spiro atoms. The summed E-state index contributed by atoms with van der Waals surface area (Å²) in [5, 5.41) is 0. The molecular formula is C15H27. The highest BCUT2D eigenvalue weighted by Crippen LogP contribution is 2.42. The summed E-state index contributed by atoms with van der Waals surface area (Å²) in [7, 11) is 0. The quantitative estimate of drug-likeness (QED) is 0.601. The van der Waals surface area contributed by atoms with Gasteiger partial charge < -0.3 is 0 Å². The van der Waals surface area contributed by atoms with E-state index >= 15 is 0 Å². The molecule has 0 aromatic rings. The fourth-order valence-electron chi connectivity index (χ4n) is 3.86. The molecule has 0 aromatic heterocycles. The molecule has 87 valence electrons. The zero-order chi connectivity index (χ0) is 10.5. The van der Waals surface area contributed by atoms with Gasteiger partial charge in [0.15, 0.2) is 0 Å². The van der Waals surface area contributed by atoms with Gasteiger partial charge in [0.1, 0.15) is 0 Å². The van der Waals surface area contributed by atoms with Crippen LogP contribution in [0.4, 0.5) is 0 Å². The second kappa shape index (κ2) is 5.92. The molecule has 1 radical (unpaired) electrons. The molecule has 0 aliphatic heterocycles. The second-order valence-corrected chi connectivity index (χ2v) is 5.60. The SMILES string of the molecule is CC[C](C1CCCCC1)C1CCCCC1. The zero-order valence-electron chi connectivity index (χ0n) is 10.4. The van der Waals surface area contributed by atoms with Crippen LogP contribution >= 0.6 is 0 Å². The summed E-state index contributed by atoms with van der Waals surface area (Å²) in [4.78, 5) is 0. The van der Waals surface area contributed by atoms with Crippen molar-refractivity contribution in [3.63, 3.8) is 0 Å². The summed E-state index contributed by atoms with van der Waals surface area (Å²) in [6, 6.07) is 0. The van der Waals surface area contributed by atoms with Crippen molar-refractivity contribution in [2.24, 2.45) is 11.8 Å². The molecule has 2 saturated carbocycles. The molecule has 0 N–H and O–H groups in total. The van der Waals surface area contributed by atoms with Gasteiger partial charge in [-0.15, -0.1) is 0 Å². The Morgan fingerprint density at radius 3 is 1.47 bits per heavy atom. The van der Waals surface area contributed by atoms with Gasteiger partial charge in [0.25, 0.3) is 0 Å². The minimum atomic E-state index is 1.02. The molecule has 0 unspecified atom stereocenters. The van der Waals surface area contributed by atoms with E-state index in [0.717, 1.165) is 11.8 Å². The van der Waals surface area contributed by atoms with Gasteiger partial charge in [-0.25, -0.2) is 0 Å². The summed E-state index contributed by atoms with van der Waals surface area (Å²) in [6.07, 6.45) is 16.4. The minimum absolute atomic E-state index is 1.02. The van der Waals surface area contributed by atoms with Crippen molar-refractivity contribution >= 4 is 0 Å². The van der Waals surface area contributed by atoms with E-state index in [-0.39, 0.29) is 0 Å². The van der Waals surface area contributed by atoms with Gasteiger partial charge in [-0.3, -0.25) is 0 Å². The van der Waals surface area contributed by atoms with Crippen LogP contribution in [0.1, 0.15) is 77.6 Å². The summed E-state index contributed by atoms with van der Waals surface area (Å²) >= 11 is 0. The molecule has 0 nitrogen and oxygen atoms in total. The Balaban J connectivity index is 1.88. The molecule has 0 heteroatoms. The fraction of sp³-hybridized carbons (Fsp3) is 0.933. The molecule has 2 aliphatic carbocycles. The summed E-state index contributed by atoms with van der Waals surface area (Å²) < 4.78 is 0. The van der Waals surface area contributed by atoms with Crippen molar-refractivity contribution in [2.45, 2.75) is 77.6 Å². The molecule has 15 heavy (non-hydrogen) atoms. The first-order chi connectivity index (χ1) is 7.42. The topological polar surface area (TPSA) is 0 Å². The predicted molar refractivity (Wildman–Crippen MR) is 66.7 cm³/mol. The Hall–Kier alpha value is 0. The van der Waals surface area contributed by atoms with Gasteiger partial charge in [-0.1, -0.05) is 45.4 Å². The predicted octanol–water partition coefficient (Wildman–Crippen LogP) is 5.13. The van der Waals surface area contributed by atoms with Gasteiger partial charge in [0.05, 0.1) is 0 Å². The number of hydrogen-bond acceptors (Lipinski definition) is 0. The highest BCUT2D eigenvalue weighted by Gasteiger charge is 2.30. The normalized spacial score (nSPS) is 26.0. The summed E-state index contributed by atoms with van der Waals surface area (Å²) in [5.41, 5.74) is 0. The van der Waals surface area contributed by atoms with Crippen molar-refractivity contribution in [3.05, 3.63) is 5.92 Å². The monoisotopic (exact) mass is 207 g/mol. The first kappa shape index (κ1) is 11.5. The van der Waals surface area contributed by atoms with Crippen LogP contribution in [0.3, 0.4) is 0 Å².